The van der Waals surface area contributed by atoms with Gasteiger partial charge in [-0.05, 0) is 30.5 Å². The number of nitrogens with two attached hydrogens (primary N) is 1. The fourth-order valence-electron chi connectivity index (χ4n) is 2.07. The molecule has 7 heteroatoms. The molecule has 0 aromatic heterocycles. The maximum atomic E-state index is 12.1. The van der Waals surface area contributed by atoms with Gasteiger partial charge < -0.3 is 9.47 Å². The van der Waals surface area contributed by atoms with E-state index in [0.717, 1.165) is 17.9 Å². The maximum absolute atomic E-state index is 12.1. The molecule has 7 nitrogen and oxygen atoms in total. The molecule has 1 atom stereocenters. The summed E-state index contributed by atoms with van der Waals surface area (Å²) in [5.74, 6) is 0.344. The molecule has 1 fully saturated rings. The maximum Gasteiger partial charge on any atom is 0.342 e. The molecule has 1 unspecified atom stereocenters. The van der Waals surface area contributed by atoms with Crippen LogP contribution in [0.3, 0.4) is 0 Å². The predicted molar refractivity (Wildman–Crippen MR) is 83.5 cm³/mol. The molecule has 1 aromatic carbocycles. The van der Waals surface area contributed by atoms with Gasteiger partial charge in [-0.2, -0.15) is 0 Å². The third-order valence-corrected chi connectivity index (χ3v) is 3.72. The van der Waals surface area contributed by atoms with Gasteiger partial charge in [0.1, 0.15) is 0 Å². The van der Waals surface area contributed by atoms with Gasteiger partial charge in [0.25, 0.3) is 5.91 Å². The number of nitrogens with one attached hydrogen (secondary N) is 1. The molecule has 0 heterocycles. The molecule has 1 amide bonds. The first kappa shape index (κ1) is 17.1. The van der Waals surface area contributed by atoms with Crippen molar-refractivity contribution in [3.8, 4) is 0 Å². The van der Waals surface area contributed by atoms with Crippen molar-refractivity contribution in [1.82, 2.24) is 5.06 Å². The molecule has 1 aromatic rings. The Labute approximate surface area is 135 Å². The molecule has 0 saturated heterocycles. The Balaban J connectivity index is 2.06. The number of hydrogen-bond acceptors (Lipinski definition) is 5. The molecule has 0 spiro atoms. The van der Waals surface area contributed by atoms with Gasteiger partial charge in [-0.3, -0.25) is 15.0 Å². The minimum atomic E-state index is -0.771. The van der Waals surface area contributed by atoms with Gasteiger partial charge in [0.2, 0.25) is 5.90 Å². The molecule has 0 bridgehead atoms. The second-order valence-electron chi connectivity index (χ2n) is 5.36. The first-order chi connectivity index (χ1) is 11.0. The quantitative estimate of drug-likeness (QED) is 0.447. The average Bonchev–Trinajstić information content (AvgIpc) is 3.40. The first-order valence-electron chi connectivity index (χ1n) is 7.31. The van der Waals surface area contributed by atoms with Crippen LogP contribution in [0.5, 0.6) is 0 Å². The fourth-order valence-corrected chi connectivity index (χ4v) is 2.07. The van der Waals surface area contributed by atoms with Crippen molar-refractivity contribution in [2.24, 2.45) is 5.92 Å². The minimum absolute atomic E-state index is 0.00440. The summed E-state index contributed by atoms with van der Waals surface area (Å²) in [6.07, 6.45) is 1.26. The Kier molecular flexibility index (Phi) is 5.46. The molecule has 1 aliphatic rings. The van der Waals surface area contributed by atoms with Crippen molar-refractivity contribution in [1.29, 1.82) is 5.41 Å². The summed E-state index contributed by atoms with van der Waals surface area (Å²) in [7, 11) is 4.38. The van der Waals surface area contributed by atoms with Crippen LogP contribution in [0.1, 0.15) is 30.1 Å². The van der Waals surface area contributed by atoms with Gasteiger partial charge in [0.15, 0.2) is 6.10 Å². The lowest BCUT2D eigenvalue weighted by atomic mass is 10.1. The zero-order chi connectivity index (χ0) is 17.0. The van der Waals surface area contributed by atoms with Crippen LogP contribution in [0.2, 0.25) is 0 Å². The van der Waals surface area contributed by atoms with Crippen molar-refractivity contribution in [3.63, 3.8) is 0 Å². The van der Waals surface area contributed by atoms with E-state index in [9.17, 15) is 4.79 Å². The number of methoxy groups -OCH3 is 1. The zero-order valence-corrected chi connectivity index (χ0v) is 13.5. The summed E-state index contributed by atoms with van der Waals surface area (Å²) < 4.78 is 10.6. The molecule has 1 saturated carbocycles. The molecule has 3 N–H and O–H groups in total. The number of carbonyl (C=O) groups excluding carboxylic acids is 1. The van der Waals surface area contributed by atoms with E-state index in [1.54, 1.807) is 24.3 Å². The van der Waals surface area contributed by atoms with Crippen LogP contribution in [0.25, 0.3) is 0 Å². The van der Waals surface area contributed by atoms with Crippen LogP contribution < -0.4 is 5.41 Å². The van der Waals surface area contributed by atoms with Crippen LogP contribution in [0, 0.1) is 11.3 Å². The second-order valence-corrected chi connectivity index (χ2v) is 5.36. The van der Waals surface area contributed by atoms with E-state index < -0.39 is 6.10 Å². The highest BCUT2D eigenvalue weighted by Gasteiger charge is 2.34. The Morgan fingerprint density at radius 1 is 1.30 bits per heavy atom. The standard InChI is InChI=1S/C16H21N3O4/c1-19(22-3)16(20)13(21-2)10-4-6-11(7-5-10)14(17)23-15(18)12-8-9-12/h4-7,12-13,17-18H,8-9H2,1-3H3/p+1. The van der Waals surface area contributed by atoms with E-state index >= 15 is 0 Å². The molecule has 2 rings (SSSR count). The van der Waals surface area contributed by atoms with Gasteiger partial charge in [-0.15, -0.1) is 0 Å². The van der Waals surface area contributed by atoms with Crippen molar-refractivity contribution in [3.05, 3.63) is 35.4 Å². The van der Waals surface area contributed by atoms with E-state index in [1.807, 2.05) is 0 Å². The molecule has 124 valence electrons. The fraction of sp³-hybridized carbons (Fsp3) is 0.438. The highest BCUT2D eigenvalue weighted by atomic mass is 16.7. The van der Waals surface area contributed by atoms with Crippen LogP contribution in [-0.4, -0.2) is 44.0 Å². The Bertz CT molecular complexity index is 596. The number of amides is 1. The van der Waals surface area contributed by atoms with Gasteiger partial charge in [0, 0.05) is 19.7 Å². The van der Waals surface area contributed by atoms with Crippen molar-refractivity contribution >= 4 is 17.7 Å². The lowest BCUT2D eigenvalue weighted by Crippen LogP contribution is -2.43. The van der Waals surface area contributed by atoms with E-state index in [1.165, 1.54) is 21.3 Å². The van der Waals surface area contributed by atoms with Crippen molar-refractivity contribution < 1.29 is 24.5 Å². The molecular formula is C16H22N3O4+. The van der Waals surface area contributed by atoms with E-state index in [4.69, 9.17) is 25.1 Å². The molecule has 23 heavy (non-hydrogen) atoms. The van der Waals surface area contributed by atoms with Crippen LogP contribution in [0.4, 0.5) is 0 Å². The van der Waals surface area contributed by atoms with Crippen LogP contribution in [-0.2, 0) is 19.1 Å². The second kappa shape index (κ2) is 7.34. The Morgan fingerprint density at radius 3 is 2.39 bits per heavy atom. The highest BCUT2D eigenvalue weighted by molar-refractivity contribution is 5.99. The smallest absolute Gasteiger partial charge is 0.342 e. The number of rotatable bonds is 6. The SMILES string of the molecule is COC(C(=O)N(C)OC)c1ccc(C(=N)OC(=[NH2+])C2CC2)cc1. The normalized spacial score (nSPS) is 14.9. The lowest BCUT2D eigenvalue weighted by molar-refractivity contribution is -0.179. The summed E-state index contributed by atoms with van der Waals surface area (Å²) in [5.41, 5.74) is 1.25. The number of ether oxygens (including phenoxy) is 2. The predicted octanol–water partition coefficient (Wildman–Crippen LogP) is 0.303. The number of hydroxylamine groups is 2. The third kappa shape index (κ3) is 4.14. The van der Waals surface area contributed by atoms with Crippen LogP contribution >= 0.6 is 0 Å². The van der Waals surface area contributed by atoms with Gasteiger partial charge >= 0.3 is 5.90 Å². The summed E-state index contributed by atoms with van der Waals surface area (Å²) >= 11 is 0. The number of nitrogens with zero attached hydrogens (tertiary/aromatic N) is 1. The average molecular weight is 320 g/mol. The first-order valence-corrected chi connectivity index (χ1v) is 7.31. The topological polar surface area (TPSA) is 97.4 Å². The molecule has 0 radical (unpaired) electrons. The largest absolute Gasteiger partial charge is 0.390 e. The summed E-state index contributed by atoms with van der Waals surface area (Å²) in [6.45, 7) is 0. The minimum Gasteiger partial charge on any atom is -0.390 e. The number of likely N-dealkylation sites (N-methyl/N-ethyl adjacent to an activating group) is 1. The third-order valence-electron chi connectivity index (χ3n) is 3.72. The summed E-state index contributed by atoms with van der Waals surface area (Å²) in [6, 6.07) is 6.83. The van der Waals surface area contributed by atoms with Crippen molar-refractivity contribution in [2.45, 2.75) is 18.9 Å². The molecular weight excluding hydrogens is 298 g/mol. The van der Waals surface area contributed by atoms with Crippen molar-refractivity contribution in [2.75, 3.05) is 21.3 Å². The zero-order valence-electron chi connectivity index (χ0n) is 13.5. The Morgan fingerprint density at radius 2 is 1.91 bits per heavy atom. The van der Waals surface area contributed by atoms with Gasteiger partial charge in [-0.1, -0.05) is 12.1 Å². The van der Waals surface area contributed by atoms with E-state index in [2.05, 4.69) is 0 Å². The van der Waals surface area contributed by atoms with Gasteiger partial charge in [0.05, 0.1) is 13.0 Å². The number of carbonyl (C=O) groups is 1. The lowest BCUT2D eigenvalue weighted by Gasteiger charge is -2.21. The summed E-state index contributed by atoms with van der Waals surface area (Å²) in [5, 5.41) is 14.8. The van der Waals surface area contributed by atoms with E-state index in [0.29, 0.717) is 17.0 Å². The van der Waals surface area contributed by atoms with Gasteiger partial charge in [-0.25, -0.2) is 10.5 Å². The monoisotopic (exact) mass is 320 g/mol. The molecule has 0 aliphatic heterocycles. The Hall–Kier alpha value is -2.25. The van der Waals surface area contributed by atoms with Crippen LogP contribution in [0.15, 0.2) is 24.3 Å². The summed E-state index contributed by atoms with van der Waals surface area (Å²) in [4.78, 5) is 17.0. The number of benzene rings is 1. The highest BCUT2D eigenvalue weighted by Crippen LogP contribution is 2.29. The number of hydrogen-bond donors (Lipinski definition) is 2. The molecule has 1 aliphatic carbocycles. The van der Waals surface area contributed by atoms with E-state index in [-0.39, 0.29) is 17.7 Å².